The smallest absolute Gasteiger partial charge is 0.311 e. The van der Waals surface area contributed by atoms with Gasteiger partial charge in [0.2, 0.25) is 5.75 Å². The Kier molecular flexibility index (Phi) is 4.14. The van der Waals surface area contributed by atoms with E-state index in [0.717, 1.165) is 24.3 Å². The van der Waals surface area contributed by atoms with Gasteiger partial charge in [0.05, 0.1) is 4.92 Å². The number of hydrogen-bond donors (Lipinski definition) is 0. The number of ether oxygens (including phenoxy) is 1. The van der Waals surface area contributed by atoms with E-state index in [4.69, 9.17) is 16.3 Å². The Morgan fingerprint density at radius 3 is 2.55 bits per heavy atom. The highest BCUT2D eigenvalue weighted by atomic mass is 35.5. The van der Waals surface area contributed by atoms with Gasteiger partial charge in [-0.15, -0.1) is 11.6 Å². The Bertz CT molecular complexity index is 664. The molecule has 0 fully saturated rings. The molecule has 0 bridgehead atoms. The predicted molar refractivity (Wildman–Crippen MR) is 69.1 cm³/mol. The first-order valence-corrected chi connectivity index (χ1v) is 6.00. The van der Waals surface area contributed by atoms with E-state index in [2.05, 4.69) is 0 Å². The number of hydrogen-bond acceptors (Lipinski definition) is 3. The molecule has 0 saturated heterocycles. The van der Waals surface area contributed by atoms with Gasteiger partial charge in [-0.1, -0.05) is 0 Å². The maximum Gasteiger partial charge on any atom is 0.311 e. The molecule has 0 saturated carbocycles. The first kappa shape index (κ1) is 14.2. The highest BCUT2D eigenvalue weighted by Crippen LogP contribution is 2.32. The van der Waals surface area contributed by atoms with E-state index in [1.54, 1.807) is 0 Å². The van der Waals surface area contributed by atoms with E-state index < -0.39 is 22.2 Å². The Morgan fingerprint density at radius 1 is 1.15 bits per heavy atom. The van der Waals surface area contributed by atoms with Crippen molar-refractivity contribution in [1.29, 1.82) is 0 Å². The number of alkyl halides is 1. The van der Waals surface area contributed by atoms with E-state index in [-0.39, 0.29) is 17.4 Å². The first-order chi connectivity index (χ1) is 9.49. The Morgan fingerprint density at radius 2 is 1.90 bits per heavy atom. The van der Waals surface area contributed by atoms with Gasteiger partial charge in [0.1, 0.15) is 17.4 Å². The number of halogens is 3. The van der Waals surface area contributed by atoms with Gasteiger partial charge in [0.15, 0.2) is 0 Å². The van der Waals surface area contributed by atoms with Gasteiger partial charge in [-0.2, -0.15) is 0 Å². The van der Waals surface area contributed by atoms with E-state index in [1.807, 2.05) is 0 Å². The van der Waals surface area contributed by atoms with Gasteiger partial charge in [-0.05, 0) is 23.8 Å². The third-order valence-corrected chi connectivity index (χ3v) is 2.74. The van der Waals surface area contributed by atoms with Crippen LogP contribution in [0.15, 0.2) is 36.4 Å². The van der Waals surface area contributed by atoms with Crippen LogP contribution in [0.4, 0.5) is 14.5 Å². The summed E-state index contributed by atoms with van der Waals surface area (Å²) in [5.41, 5.74) is 0.0313. The van der Waals surface area contributed by atoms with Crippen LogP contribution in [-0.2, 0) is 5.88 Å². The van der Waals surface area contributed by atoms with Crippen molar-refractivity contribution in [2.45, 2.75) is 5.88 Å². The molecular weight excluding hydrogens is 292 g/mol. The van der Waals surface area contributed by atoms with Crippen LogP contribution in [-0.4, -0.2) is 4.92 Å². The van der Waals surface area contributed by atoms with Gasteiger partial charge < -0.3 is 4.74 Å². The van der Waals surface area contributed by atoms with Crippen molar-refractivity contribution in [1.82, 2.24) is 0 Å². The molecule has 2 rings (SSSR count). The van der Waals surface area contributed by atoms with Crippen LogP contribution < -0.4 is 4.74 Å². The fourth-order valence-electron chi connectivity index (χ4n) is 1.60. The number of rotatable bonds is 4. The molecule has 0 heterocycles. The van der Waals surface area contributed by atoms with Crippen LogP contribution in [0.2, 0.25) is 0 Å². The lowest BCUT2D eigenvalue weighted by Crippen LogP contribution is -1.95. The summed E-state index contributed by atoms with van der Waals surface area (Å²) in [5, 5.41) is 10.8. The molecule has 2 aromatic carbocycles. The van der Waals surface area contributed by atoms with Gasteiger partial charge in [0, 0.05) is 24.1 Å². The molecule has 20 heavy (non-hydrogen) atoms. The third-order valence-electron chi connectivity index (χ3n) is 2.43. The van der Waals surface area contributed by atoms with Crippen LogP contribution in [0, 0.1) is 21.7 Å². The molecule has 0 aliphatic rings. The molecule has 4 nitrogen and oxygen atoms in total. The van der Waals surface area contributed by atoms with Crippen molar-refractivity contribution < 1.29 is 18.4 Å². The van der Waals surface area contributed by atoms with E-state index in [0.29, 0.717) is 5.56 Å². The zero-order valence-corrected chi connectivity index (χ0v) is 10.7. The maximum absolute atomic E-state index is 13.3. The lowest BCUT2D eigenvalue weighted by molar-refractivity contribution is -0.385. The summed E-state index contributed by atoms with van der Waals surface area (Å²) in [5.74, 6) is -1.54. The van der Waals surface area contributed by atoms with Gasteiger partial charge in [-0.3, -0.25) is 10.1 Å². The molecule has 0 aliphatic heterocycles. The molecule has 0 spiro atoms. The minimum absolute atomic E-state index is 0.00866. The van der Waals surface area contributed by atoms with Crippen LogP contribution in [0.5, 0.6) is 11.5 Å². The van der Waals surface area contributed by atoms with Crippen molar-refractivity contribution in [3.8, 4) is 11.5 Å². The second kappa shape index (κ2) is 5.83. The minimum atomic E-state index is -0.712. The average Bonchev–Trinajstić information content (AvgIpc) is 2.37. The van der Waals surface area contributed by atoms with E-state index >= 15 is 0 Å². The zero-order chi connectivity index (χ0) is 14.7. The van der Waals surface area contributed by atoms with Crippen LogP contribution >= 0.6 is 11.6 Å². The normalized spacial score (nSPS) is 10.3. The second-order valence-corrected chi connectivity index (χ2v) is 4.17. The zero-order valence-electron chi connectivity index (χ0n) is 9.98. The highest BCUT2D eigenvalue weighted by Gasteiger charge is 2.17. The fraction of sp³-hybridized carbons (Fsp3) is 0.0769. The van der Waals surface area contributed by atoms with E-state index in [1.165, 1.54) is 12.1 Å². The summed E-state index contributed by atoms with van der Waals surface area (Å²) in [6.07, 6.45) is 0. The third kappa shape index (κ3) is 3.21. The minimum Gasteiger partial charge on any atom is -0.450 e. The standard InChI is InChI=1S/C13H8ClF2NO3/c14-7-8-3-10(16)5-11(4-8)20-13-6-9(15)1-2-12(13)17(18)19/h1-6H,7H2. The molecule has 0 radical (unpaired) electrons. The maximum atomic E-state index is 13.3. The van der Waals surface area contributed by atoms with E-state index in [9.17, 15) is 18.9 Å². The monoisotopic (exact) mass is 299 g/mol. The van der Waals surface area contributed by atoms with Crippen molar-refractivity contribution in [2.24, 2.45) is 0 Å². The second-order valence-electron chi connectivity index (χ2n) is 3.90. The quantitative estimate of drug-likeness (QED) is 0.477. The van der Waals surface area contributed by atoms with Gasteiger partial charge in [-0.25, -0.2) is 8.78 Å². The predicted octanol–water partition coefficient (Wildman–Crippen LogP) is 4.40. The average molecular weight is 300 g/mol. The van der Waals surface area contributed by atoms with Crippen LogP contribution in [0.25, 0.3) is 0 Å². The first-order valence-electron chi connectivity index (χ1n) is 5.47. The van der Waals surface area contributed by atoms with Gasteiger partial charge >= 0.3 is 5.69 Å². The van der Waals surface area contributed by atoms with Crippen molar-refractivity contribution in [2.75, 3.05) is 0 Å². The summed E-state index contributed by atoms with van der Waals surface area (Å²) < 4.78 is 31.6. The summed E-state index contributed by atoms with van der Waals surface area (Å²) >= 11 is 5.59. The molecule has 2 aromatic rings. The summed E-state index contributed by atoms with van der Waals surface area (Å²) in [6.45, 7) is 0. The largest absolute Gasteiger partial charge is 0.450 e. The number of nitrogens with zero attached hydrogens (tertiary/aromatic N) is 1. The number of nitro groups is 1. The molecule has 0 N–H and O–H groups in total. The molecular formula is C13H8ClF2NO3. The molecule has 0 aliphatic carbocycles. The lowest BCUT2D eigenvalue weighted by Gasteiger charge is -2.08. The van der Waals surface area contributed by atoms with Crippen molar-refractivity contribution in [3.63, 3.8) is 0 Å². The molecule has 0 unspecified atom stereocenters. The van der Waals surface area contributed by atoms with Crippen molar-refractivity contribution >= 4 is 17.3 Å². The summed E-state index contributed by atoms with van der Waals surface area (Å²) in [7, 11) is 0. The number of nitro benzene ring substituents is 1. The number of benzene rings is 2. The topological polar surface area (TPSA) is 52.4 Å². The summed E-state index contributed by atoms with van der Waals surface area (Å²) in [6, 6.07) is 6.45. The van der Waals surface area contributed by atoms with Crippen LogP contribution in [0.3, 0.4) is 0 Å². The van der Waals surface area contributed by atoms with Crippen LogP contribution in [0.1, 0.15) is 5.56 Å². The molecule has 7 heteroatoms. The highest BCUT2D eigenvalue weighted by molar-refractivity contribution is 6.17. The summed E-state index contributed by atoms with van der Waals surface area (Å²) in [4.78, 5) is 10.1. The molecule has 0 aromatic heterocycles. The Balaban J connectivity index is 2.41. The Labute approximate surface area is 117 Å². The molecule has 0 amide bonds. The van der Waals surface area contributed by atoms with Gasteiger partial charge in [0.25, 0.3) is 0 Å². The molecule has 0 atom stereocenters. The fourth-order valence-corrected chi connectivity index (χ4v) is 1.76. The SMILES string of the molecule is O=[N+]([O-])c1ccc(F)cc1Oc1cc(F)cc(CCl)c1. The Hall–Kier alpha value is -2.21. The molecule has 104 valence electrons. The lowest BCUT2D eigenvalue weighted by atomic mass is 10.2. The van der Waals surface area contributed by atoms with Crippen molar-refractivity contribution in [3.05, 3.63) is 63.7 Å².